The third-order valence-corrected chi connectivity index (χ3v) is 3.85. The first kappa shape index (κ1) is 15.3. The van der Waals surface area contributed by atoms with Gasteiger partial charge in [0.1, 0.15) is 6.10 Å². The Morgan fingerprint density at radius 2 is 1.90 bits per heavy atom. The quantitative estimate of drug-likeness (QED) is 0.712. The van der Waals surface area contributed by atoms with Crippen LogP contribution in [0.1, 0.15) is 26.2 Å². The minimum Gasteiger partial charge on any atom is -0.368 e. The predicted molar refractivity (Wildman–Crippen MR) is 75.3 cm³/mol. The molecule has 0 saturated carbocycles. The number of nitrogens with one attached hydrogen (secondary N) is 1. The van der Waals surface area contributed by atoms with E-state index >= 15 is 0 Å². The Balaban J connectivity index is 1.71. The molecular formula is C14H25N3O3. The summed E-state index contributed by atoms with van der Waals surface area (Å²) in [6.07, 6.45) is 2.58. The summed E-state index contributed by atoms with van der Waals surface area (Å²) >= 11 is 0. The fraction of sp³-hybridized carbons (Fsp3) is 0.857. The third kappa shape index (κ3) is 3.93. The maximum atomic E-state index is 12.2. The summed E-state index contributed by atoms with van der Waals surface area (Å²) in [5.41, 5.74) is 0. The van der Waals surface area contributed by atoms with Crippen LogP contribution in [-0.2, 0) is 14.3 Å². The largest absolute Gasteiger partial charge is 0.368 e. The zero-order chi connectivity index (χ0) is 14.4. The number of rotatable bonds is 5. The van der Waals surface area contributed by atoms with Crippen LogP contribution in [0, 0.1) is 0 Å². The molecule has 2 aliphatic heterocycles. The van der Waals surface area contributed by atoms with Crippen LogP contribution < -0.4 is 5.32 Å². The van der Waals surface area contributed by atoms with Gasteiger partial charge >= 0.3 is 0 Å². The number of carbonyl (C=O) groups is 2. The van der Waals surface area contributed by atoms with E-state index in [2.05, 4.69) is 12.2 Å². The van der Waals surface area contributed by atoms with E-state index in [1.54, 1.807) is 0 Å². The first-order chi connectivity index (χ1) is 9.72. The molecule has 1 atom stereocenters. The van der Waals surface area contributed by atoms with Gasteiger partial charge in [-0.3, -0.25) is 9.59 Å². The van der Waals surface area contributed by atoms with Crippen LogP contribution in [0.15, 0.2) is 0 Å². The SMILES string of the molecule is CCCNCC(=O)N1CCN(C(=O)C2CCCO2)CC1. The van der Waals surface area contributed by atoms with Crippen molar-refractivity contribution in [3.8, 4) is 0 Å². The van der Waals surface area contributed by atoms with Gasteiger partial charge in [0.05, 0.1) is 6.54 Å². The van der Waals surface area contributed by atoms with E-state index in [9.17, 15) is 9.59 Å². The van der Waals surface area contributed by atoms with E-state index in [-0.39, 0.29) is 17.9 Å². The molecule has 2 rings (SSSR count). The lowest BCUT2D eigenvalue weighted by atomic mass is 10.2. The molecule has 1 N–H and O–H groups in total. The number of amides is 2. The molecule has 2 heterocycles. The third-order valence-electron chi connectivity index (χ3n) is 3.85. The summed E-state index contributed by atoms with van der Waals surface area (Å²) in [4.78, 5) is 27.8. The minimum atomic E-state index is -0.247. The molecule has 0 aromatic heterocycles. The maximum absolute atomic E-state index is 12.2. The monoisotopic (exact) mass is 283 g/mol. The molecule has 2 saturated heterocycles. The smallest absolute Gasteiger partial charge is 0.251 e. The van der Waals surface area contributed by atoms with E-state index in [4.69, 9.17) is 4.74 Å². The Morgan fingerprint density at radius 1 is 1.20 bits per heavy atom. The molecule has 0 bridgehead atoms. The minimum absolute atomic E-state index is 0.0960. The lowest BCUT2D eigenvalue weighted by Gasteiger charge is -2.35. The summed E-state index contributed by atoms with van der Waals surface area (Å²) in [7, 11) is 0. The Morgan fingerprint density at radius 3 is 2.50 bits per heavy atom. The molecular weight excluding hydrogens is 258 g/mol. The Labute approximate surface area is 120 Å². The van der Waals surface area contributed by atoms with E-state index in [1.165, 1.54) is 0 Å². The van der Waals surface area contributed by atoms with Crippen molar-refractivity contribution in [2.75, 3.05) is 45.9 Å². The molecule has 0 spiro atoms. The highest BCUT2D eigenvalue weighted by atomic mass is 16.5. The van der Waals surface area contributed by atoms with Crippen LogP contribution >= 0.6 is 0 Å². The van der Waals surface area contributed by atoms with Crippen molar-refractivity contribution in [2.45, 2.75) is 32.3 Å². The number of hydrogen-bond acceptors (Lipinski definition) is 4. The zero-order valence-electron chi connectivity index (χ0n) is 12.3. The summed E-state index contributed by atoms with van der Waals surface area (Å²) in [6, 6.07) is 0. The van der Waals surface area contributed by atoms with E-state index in [0.29, 0.717) is 39.3 Å². The van der Waals surface area contributed by atoms with Crippen LogP contribution in [0.25, 0.3) is 0 Å². The van der Waals surface area contributed by atoms with Gasteiger partial charge in [0.15, 0.2) is 0 Å². The molecule has 0 aliphatic carbocycles. The van der Waals surface area contributed by atoms with Gasteiger partial charge in [-0.05, 0) is 25.8 Å². The van der Waals surface area contributed by atoms with E-state index in [1.807, 2.05) is 9.80 Å². The van der Waals surface area contributed by atoms with Crippen LogP contribution in [0.4, 0.5) is 0 Å². The normalized spacial score (nSPS) is 23.1. The van der Waals surface area contributed by atoms with Gasteiger partial charge in [0.2, 0.25) is 5.91 Å². The molecule has 0 aromatic rings. The van der Waals surface area contributed by atoms with Crippen LogP contribution in [-0.4, -0.2) is 73.6 Å². The van der Waals surface area contributed by atoms with Gasteiger partial charge in [-0.2, -0.15) is 0 Å². The highest BCUT2D eigenvalue weighted by Gasteiger charge is 2.31. The highest BCUT2D eigenvalue weighted by molar-refractivity contribution is 5.82. The Hall–Kier alpha value is -1.14. The molecule has 1 unspecified atom stereocenters. The molecule has 2 aliphatic rings. The molecule has 6 nitrogen and oxygen atoms in total. The first-order valence-corrected chi connectivity index (χ1v) is 7.61. The van der Waals surface area contributed by atoms with Crippen molar-refractivity contribution in [1.29, 1.82) is 0 Å². The summed E-state index contributed by atoms with van der Waals surface area (Å²) in [5, 5.41) is 3.12. The Bertz CT molecular complexity index is 335. The van der Waals surface area contributed by atoms with Crippen molar-refractivity contribution in [3.05, 3.63) is 0 Å². The molecule has 2 amide bonds. The summed E-state index contributed by atoms with van der Waals surface area (Å²) < 4.78 is 5.43. The Kier molecular flexibility index (Phi) is 5.79. The number of hydrogen-bond donors (Lipinski definition) is 1. The topological polar surface area (TPSA) is 61.9 Å². The van der Waals surface area contributed by atoms with Crippen LogP contribution in [0.2, 0.25) is 0 Å². The van der Waals surface area contributed by atoms with Crippen molar-refractivity contribution < 1.29 is 14.3 Å². The summed E-state index contributed by atoms with van der Waals surface area (Å²) in [6.45, 7) is 6.54. The average Bonchev–Trinajstić information content (AvgIpc) is 3.01. The van der Waals surface area contributed by atoms with Crippen molar-refractivity contribution in [3.63, 3.8) is 0 Å². The number of piperazine rings is 1. The van der Waals surface area contributed by atoms with Gasteiger partial charge in [-0.1, -0.05) is 6.92 Å². The van der Waals surface area contributed by atoms with Gasteiger partial charge in [-0.15, -0.1) is 0 Å². The molecule has 6 heteroatoms. The van der Waals surface area contributed by atoms with E-state index in [0.717, 1.165) is 25.8 Å². The van der Waals surface area contributed by atoms with Crippen molar-refractivity contribution in [2.24, 2.45) is 0 Å². The molecule has 0 aromatic carbocycles. The molecule has 114 valence electrons. The van der Waals surface area contributed by atoms with Gasteiger partial charge in [-0.25, -0.2) is 0 Å². The fourth-order valence-electron chi connectivity index (χ4n) is 2.64. The lowest BCUT2D eigenvalue weighted by Crippen LogP contribution is -2.54. The van der Waals surface area contributed by atoms with Crippen LogP contribution in [0.3, 0.4) is 0 Å². The van der Waals surface area contributed by atoms with Crippen LogP contribution in [0.5, 0.6) is 0 Å². The molecule has 0 radical (unpaired) electrons. The predicted octanol–water partition coefficient (Wildman–Crippen LogP) is -0.164. The highest BCUT2D eigenvalue weighted by Crippen LogP contribution is 2.15. The number of nitrogens with zero attached hydrogens (tertiary/aromatic N) is 2. The van der Waals surface area contributed by atoms with Crippen molar-refractivity contribution >= 4 is 11.8 Å². The second kappa shape index (κ2) is 7.59. The van der Waals surface area contributed by atoms with Crippen molar-refractivity contribution in [1.82, 2.24) is 15.1 Å². The maximum Gasteiger partial charge on any atom is 0.251 e. The lowest BCUT2D eigenvalue weighted by molar-refractivity contribution is -0.145. The second-order valence-electron chi connectivity index (χ2n) is 5.38. The molecule has 2 fully saturated rings. The van der Waals surface area contributed by atoms with Gasteiger partial charge < -0.3 is 19.9 Å². The standard InChI is InChI=1S/C14H25N3O3/c1-2-5-15-11-13(18)16-6-8-17(9-7-16)14(19)12-4-3-10-20-12/h12,15H,2-11H2,1H3. The number of ether oxygens (including phenoxy) is 1. The second-order valence-corrected chi connectivity index (χ2v) is 5.38. The zero-order valence-corrected chi connectivity index (χ0v) is 12.3. The number of carbonyl (C=O) groups excluding carboxylic acids is 2. The first-order valence-electron chi connectivity index (χ1n) is 7.61. The average molecular weight is 283 g/mol. The molecule has 20 heavy (non-hydrogen) atoms. The fourth-order valence-corrected chi connectivity index (χ4v) is 2.64. The van der Waals surface area contributed by atoms with Gasteiger partial charge in [0.25, 0.3) is 5.91 Å². The van der Waals surface area contributed by atoms with Gasteiger partial charge in [0, 0.05) is 32.8 Å². The van der Waals surface area contributed by atoms with E-state index < -0.39 is 0 Å². The summed E-state index contributed by atoms with van der Waals surface area (Å²) in [5.74, 6) is 0.223.